The van der Waals surface area contributed by atoms with E-state index >= 15 is 0 Å². The number of amides is 2. The minimum absolute atomic E-state index is 0.222. The molecule has 136 valence electrons. The number of nitrogens with zero attached hydrogens (tertiary/aromatic N) is 1. The van der Waals surface area contributed by atoms with Crippen molar-refractivity contribution in [3.05, 3.63) is 52.3 Å². The zero-order valence-corrected chi connectivity index (χ0v) is 13.8. The van der Waals surface area contributed by atoms with Gasteiger partial charge in [0.1, 0.15) is 4.92 Å². The lowest BCUT2D eigenvalue weighted by Crippen LogP contribution is -2.29. The summed E-state index contributed by atoms with van der Waals surface area (Å²) in [4.78, 5) is 44.6. The van der Waals surface area contributed by atoms with Crippen molar-refractivity contribution in [1.82, 2.24) is 0 Å². The molecule has 10 heteroatoms. The summed E-state index contributed by atoms with van der Waals surface area (Å²) >= 11 is 0. The Labute approximate surface area is 147 Å². The van der Waals surface area contributed by atoms with Crippen molar-refractivity contribution in [1.29, 1.82) is 0 Å². The fourth-order valence-electron chi connectivity index (χ4n) is 1.89. The van der Waals surface area contributed by atoms with Crippen molar-refractivity contribution < 1.29 is 28.5 Å². The third-order valence-corrected chi connectivity index (χ3v) is 3.10. The molecule has 0 aliphatic heterocycles. The fraction of sp³-hybridized carbons (Fsp3) is 0.188. The molecule has 0 saturated carbocycles. The van der Waals surface area contributed by atoms with Gasteiger partial charge in [0, 0.05) is 18.3 Å². The van der Waals surface area contributed by atoms with Crippen LogP contribution in [0.5, 0.6) is 0 Å². The first-order valence-corrected chi connectivity index (χ1v) is 7.40. The van der Waals surface area contributed by atoms with Gasteiger partial charge in [0.25, 0.3) is 5.91 Å². The number of benzene rings is 1. The molecule has 0 radical (unpaired) electrons. The number of carbonyl (C=O) groups is 3. The van der Waals surface area contributed by atoms with Gasteiger partial charge < -0.3 is 19.8 Å². The van der Waals surface area contributed by atoms with Gasteiger partial charge in [-0.25, -0.2) is 4.79 Å². The Kier molecular flexibility index (Phi) is 5.68. The van der Waals surface area contributed by atoms with Crippen molar-refractivity contribution >= 4 is 35.0 Å². The second-order valence-electron chi connectivity index (χ2n) is 5.19. The predicted molar refractivity (Wildman–Crippen MR) is 89.6 cm³/mol. The van der Waals surface area contributed by atoms with Crippen LogP contribution in [-0.4, -0.2) is 28.8 Å². The van der Waals surface area contributed by atoms with Crippen LogP contribution in [0.2, 0.25) is 0 Å². The van der Waals surface area contributed by atoms with Gasteiger partial charge in [-0.05, 0) is 37.3 Å². The average molecular weight is 361 g/mol. The number of carbonyl (C=O) groups excluding carboxylic acids is 3. The van der Waals surface area contributed by atoms with Crippen LogP contribution in [0.1, 0.15) is 24.4 Å². The number of furan rings is 1. The van der Waals surface area contributed by atoms with Crippen LogP contribution in [0, 0.1) is 10.1 Å². The molecule has 1 unspecified atom stereocenters. The number of hydrogen-bond donors (Lipinski definition) is 2. The number of ether oxygens (including phenoxy) is 1. The second kappa shape index (κ2) is 7.92. The summed E-state index contributed by atoms with van der Waals surface area (Å²) in [5.41, 5.74) is 0.995. The third-order valence-electron chi connectivity index (χ3n) is 3.10. The van der Waals surface area contributed by atoms with E-state index in [0.29, 0.717) is 11.4 Å². The highest BCUT2D eigenvalue weighted by Crippen LogP contribution is 2.18. The van der Waals surface area contributed by atoms with E-state index in [9.17, 15) is 24.5 Å². The maximum Gasteiger partial charge on any atom is 0.433 e. The van der Waals surface area contributed by atoms with Gasteiger partial charge in [-0.1, -0.05) is 0 Å². The quantitative estimate of drug-likeness (QED) is 0.457. The van der Waals surface area contributed by atoms with E-state index in [0.717, 1.165) is 12.1 Å². The molecule has 0 aliphatic carbocycles. The molecule has 1 aromatic heterocycles. The second-order valence-corrected chi connectivity index (χ2v) is 5.19. The van der Waals surface area contributed by atoms with E-state index in [-0.39, 0.29) is 11.7 Å². The Bertz CT molecular complexity index is 842. The molecule has 0 bridgehead atoms. The molecule has 0 saturated heterocycles. The number of nitro groups is 1. The first-order chi connectivity index (χ1) is 12.3. The largest absolute Gasteiger partial charge is 0.447 e. The average Bonchev–Trinajstić information content (AvgIpc) is 3.06. The topological polar surface area (TPSA) is 141 Å². The lowest BCUT2D eigenvalue weighted by molar-refractivity contribution is -0.402. The maximum absolute atomic E-state index is 12.1. The lowest BCUT2D eigenvalue weighted by atomic mass is 10.2. The Balaban J connectivity index is 1.93. The monoisotopic (exact) mass is 361 g/mol. The number of nitrogens with one attached hydrogen (secondary N) is 2. The summed E-state index contributed by atoms with van der Waals surface area (Å²) in [5.74, 6) is -2.81. The molecule has 10 nitrogen and oxygen atoms in total. The molecular weight excluding hydrogens is 346 g/mol. The van der Waals surface area contributed by atoms with Gasteiger partial charge in [0.2, 0.25) is 11.7 Å². The molecule has 0 aliphatic rings. The van der Waals surface area contributed by atoms with Crippen molar-refractivity contribution in [2.45, 2.75) is 20.0 Å². The van der Waals surface area contributed by atoms with E-state index in [2.05, 4.69) is 10.6 Å². The number of hydrogen-bond acceptors (Lipinski definition) is 7. The number of esters is 1. The van der Waals surface area contributed by atoms with Crippen molar-refractivity contribution in [2.24, 2.45) is 0 Å². The van der Waals surface area contributed by atoms with Gasteiger partial charge in [0.05, 0.1) is 6.07 Å². The fourth-order valence-corrected chi connectivity index (χ4v) is 1.89. The van der Waals surface area contributed by atoms with E-state index in [1.54, 1.807) is 24.3 Å². The van der Waals surface area contributed by atoms with Crippen molar-refractivity contribution in [3.63, 3.8) is 0 Å². The molecule has 2 amide bonds. The molecule has 1 heterocycles. The Morgan fingerprint density at radius 1 is 1.08 bits per heavy atom. The molecular formula is C16H15N3O7. The van der Waals surface area contributed by atoms with Gasteiger partial charge >= 0.3 is 11.9 Å². The summed E-state index contributed by atoms with van der Waals surface area (Å²) in [6.45, 7) is 2.72. The SMILES string of the molecule is CC(=O)Nc1ccc(NC(=O)C(C)OC(=O)c2ccc([N+](=O)[O-])o2)cc1. The molecule has 26 heavy (non-hydrogen) atoms. The van der Waals surface area contributed by atoms with Crippen molar-refractivity contribution in [2.75, 3.05) is 10.6 Å². The predicted octanol–water partition coefficient (Wildman–Crippen LogP) is 2.33. The van der Waals surface area contributed by atoms with Gasteiger partial charge in [-0.3, -0.25) is 19.7 Å². The molecule has 1 aromatic carbocycles. The van der Waals surface area contributed by atoms with Crippen LogP contribution < -0.4 is 10.6 Å². The van der Waals surface area contributed by atoms with Crippen LogP contribution >= 0.6 is 0 Å². The van der Waals surface area contributed by atoms with Crippen molar-refractivity contribution in [3.8, 4) is 0 Å². The molecule has 2 aromatic rings. The highest BCUT2D eigenvalue weighted by Gasteiger charge is 2.23. The van der Waals surface area contributed by atoms with Crippen LogP contribution in [0.25, 0.3) is 0 Å². The molecule has 2 rings (SSSR count). The number of anilines is 2. The van der Waals surface area contributed by atoms with E-state index < -0.39 is 28.8 Å². The highest BCUT2D eigenvalue weighted by molar-refractivity contribution is 5.97. The minimum Gasteiger partial charge on any atom is -0.447 e. The molecule has 0 fully saturated rings. The minimum atomic E-state index is -1.17. The summed E-state index contributed by atoms with van der Waals surface area (Å²) in [5, 5.41) is 15.6. The van der Waals surface area contributed by atoms with Crippen LogP contribution in [0.15, 0.2) is 40.8 Å². The number of rotatable bonds is 6. The highest BCUT2D eigenvalue weighted by atomic mass is 16.7. The maximum atomic E-state index is 12.1. The first-order valence-electron chi connectivity index (χ1n) is 7.40. The zero-order valence-electron chi connectivity index (χ0n) is 13.8. The third kappa shape index (κ3) is 4.90. The Hall–Kier alpha value is -3.69. The summed E-state index contributed by atoms with van der Waals surface area (Å²) in [7, 11) is 0. The Morgan fingerprint density at radius 3 is 2.15 bits per heavy atom. The summed E-state index contributed by atoms with van der Waals surface area (Å²) in [6, 6.07) is 8.41. The van der Waals surface area contributed by atoms with E-state index in [4.69, 9.17) is 9.15 Å². The van der Waals surface area contributed by atoms with Gasteiger partial charge in [0.15, 0.2) is 6.10 Å². The smallest absolute Gasteiger partial charge is 0.433 e. The molecule has 1 atom stereocenters. The van der Waals surface area contributed by atoms with E-state index in [1.807, 2.05) is 0 Å². The van der Waals surface area contributed by atoms with Crippen LogP contribution in [0.4, 0.5) is 17.3 Å². The zero-order chi connectivity index (χ0) is 19.3. The first kappa shape index (κ1) is 18.6. The van der Waals surface area contributed by atoms with Gasteiger partial charge in [-0.15, -0.1) is 0 Å². The lowest BCUT2D eigenvalue weighted by Gasteiger charge is -2.13. The molecule has 2 N–H and O–H groups in total. The van der Waals surface area contributed by atoms with Crippen LogP contribution in [-0.2, 0) is 14.3 Å². The normalized spacial score (nSPS) is 11.3. The standard InChI is InChI=1S/C16H15N3O7/c1-9(25-16(22)13-7-8-14(26-13)19(23)24)15(21)18-12-5-3-11(4-6-12)17-10(2)20/h3-9H,1-2H3,(H,17,20)(H,18,21). The Morgan fingerprint density at radius 2 is 1.65 bits per heavy atom. The summed E-state index contributed by atoms with van der Waals surface area (Å²) in [6.07, 6.45) is -1.17. The summed E-state index contributed by atoms with van der Waals surface area (Å²) < 4.78 is 9.63. The van der Waals surface area contributed by atoms with E-state index in [1.165, 1.54) is 13.8 Å². The van der Waals surface area contributed by atoms with Crippen LogP contribution in [0.3, 0.4) is 0 Å². The molecule has 0 spiro atoms. The van der Waals surface area contributed by atoms with Gasteiger partial charge in [-0.2, -0.15) is 0 Å².